The van der Waals surface area contributed by atoms with Crippen molar-refractivity contribution in [2.24, 2.45) is 0 Å². The van der Waals surface area contributed by atoms with Gasteiger partial charge in [-0.05, 0) is 30.7 Å². The smallest absolute Gasteiger partial charge is 0.170 e. The van der Waals surface area contributed by atoms with E-state index in [1.807, 2.05) is 53.9 Å². The maximum Gasteiger partial charge on any atom is 0.170 e. The van der Waals surface area contributed by atoms with Crippen LogP contribution >= 0.6 is 0 Å². The van der Waals surface area contributed by atoms with Gasteiger partial charge in [0.1, 0.15) is 0 Å². The minimum absolute atomic E-state index is 0.711. The van der Waals surface area contributed by atoms with E-state index in [2.05, 4.69) is 10.2 Å². The highest BCUT2D eigenvalue weighted by molar-refractivity contribution is 5.72. The van der Waals surface area contributed by atoms with Crippen LogP contribution in [0.3, 0.4) is 0 Å². The van der Waals surface area contributed by atoms with E-state index in [-0.39, 0.29) is 0 Å². The van der Waals surface area contributed by atoms with E-state index in [9.17, 15) is 0 Å². The Bertz CT molecular complexity index is 685. The first-order valence-corrected chi connectivity index (χ1v) is 5.42. The summed E-state index contributed by atoms with van der Waals surface area (Å²) in [5.74, 6) is 0.779. The Labute approximate surface area is 98.7 Å². The molecule has 3 rings (SSSR count). The van der Waals surface area contributed by atoms with Gasteiger partial charge in [0, 0.05) is 17.4 Å². The summed E-state index contributed by atoms with van der Waals surface area (Å²) in [7, 11) is 0. The number of fused-ring (bicyclic) bond motifs is 1. The second-order valence-corrected chi connectivity index (χ2v) is 4.05. The van der Waals surface area contributed by atoms with Crippen molar-refractivity contribution < 1.29 is 0 Å². The quantitative estimate of drug-likeness (QED) is 0.645. The summed E-state index contributed by atoms with van der Waals surface area (Å²) in [5.41, 5.74) is 9.57. The molecule has 17 heavy (non-hydrogen) atoms. The van der Waals surface area contributed by atoms with Crippen LogP contribution in [0.4, 0.5) is 5.69 Å². The summed E-state index contributed by atoms with van der Waals surface area (Å²) in [6.07, 6.45) is 2.01. The molecule has 1 aromatic carbocycles. The molecule has 0 aliphatic carbocycles. The Balaban J connectivity index is 2.31. The molecule has 0 unspecified atom stereocenters. The summed E-state index contributed by atoms with van der Waals surface area (Å²) >= 11 is 0. The number of nitrogens with two attached hydrogens (primary N) is 1. The van der Waals surface area contributed by atoms with Crippen LogP contribution in [-0.4, -0.2) is 14.6 Å². The molecule has 2 N–H and O–H groups in total. The maximum absolute atomic E-state index is 5.96. The number of aryl methyl sites for hydroxylation is 1. The lowest BCUT2D eigenvalue weighted by Gasteiger charge is -2.03. The monoisotopic (exact) mass is 224 g/mol. The number of anilines is 1. The standard InChI is InChI=1S/C13H12N4/c1-9-6-7-12-15-16-13(17(12)8-9)10-4-2-3-5-11(10)14/h2-8H,14H2,1H3. The second-order valence-electron chi connectivity index (χ2n) is 4.05. The van der Waals surface area contributed by atoms with Crippen molar-refractivity contribution in [1.82, 2.24) is 14.6 Å². The van der Waals surface area contributed by atoms with Gasteiger partial charge in [-0.1, -0.05) is 18.2 Å². The molecule has 0 bridgehead atoms. The summed E-state index contributed by atoms with van der Waals surface area (Å²) in [6, 6.07) is 11.6. The van der Waals surface area contributed by atoms with Gasteiger partial charge in [0.25, 0.3) is 0 Å². The molecule has 0 saturated heterocycles. The third-order valence-corrected chi connectivity index (χ3v) is 2.75. The number of hydrogen-bond acceptors (Lipinski definition) is 3. The van der Waals surface area contributed by atoms with Crippen LogP contribution in [0.15, 0.2) is 42.6 Å². The molecule has 0 atom stereocenters. The molecule has 0 aliphatic rings. The molecule has 0 spiro atoms. The summed E-state index contributed by atoms with van der Waals surface area (Å²) in [6.45, 7) is 2.04. The SMILES string of the molecule is Cc1ccc2nnc(-c3ccccc3N)n2c1. The third-order valence-electron chi connectivity index (χ3n) is 2.75. The van der Waals surface area contributed by atoms with E-state index in [0.717, 1.165) is 22.6 Å². The number of aromatic nitrogens is 3. The molecule has 0 aliphatic heterocycles. The Hall–Kier alpha value is -2.36. The second kappa shape index (κ2) is 3.59. The van der Waals surface area contributed by atoms with Gasteiger partial charge in [-0.3, -0.25) is 4.40 Å². The van der Waals surface area contributed by atoms with Gasteiger partial charge >= 0.3 is 0 Å². The predicted octanol–water partition coefficient (Wildman–Crippen LogP) is 2.29. The Morgan fingerprint density at radius 1 is 1.06 bits per heavy atom. The molecule has 0 saturated carbocycles. The van der Waals surface area contributed by atoms with Gasteiger partial charge in [0.2, 0.25) is 0 Å². The Kier molecular flexibility index (Phi) is 2.08. The van der Waals surface area contributed by atoms with E-state index in [4.69, 9.17) is 5.73 Å². The summed E-state index contributed by atoms with van der Waals surface area (Å²) in [5, 5.41) is 8.34. The zero-order chi connectivity index (χ0) is 11.8. The molecule has 2 aromatic heterocycles. The first-order valence-electron chi connectivity index (χ1n) is 5.42. The zero-order valence-corrected chi connectivity index (χ0v) is 9.46. The molecule has 0 fully saturated rings. The number of para-hydroxylation sites is 1. The molecule has 3 aromatic rings. The first-order chi connectivity index (χ1) is 8.25. The van der Waals surface area contributed by atoms with E-state index in [0.29, 0.717) is 5.69 Å². The molecule has 0 amide bonds. The molecular weight excluding hydrogens is 212 g/mol. The molecule has 4 heteroatoms. The Morgan fingerprint density at radius 2 is 1.88 bits per heavy atom. The van der Waals surface area contributed by atoms with Crippen molar-refractivity contribution in [2.75, 3.05) is 5.73 Å². The van der Waals surface area contributed by atoms with Crippen LogP contribution in [0, 0.1) is 6.92 Å². The molecule has 84 valence electrons. The van der Waals surface area contributed by atoms with Crippen molar-refractivity contribution in [1.29, 1.82) is 0 Å². The number of rotatable bonds is 1. The van der Waals surface area contributed by atoms with E-state index in [1.165, 1.54) is 0 Å². The van der Waals surface area contributed by atoms with Crippen LogP contribution in [0.1, 0.15) is 5.56 Å². The highest BCUT2D eigenvalue weighted by Crippen LogP contribution is 2.24. The number of nitrogens with zero attached hydrogens (tertiary/aromatic N) is 3. The number of benzene rings is 1. The average molecular weight is 224 g/mol. The first kappa shape index (κ1) is 9.84. The van der Waals surface area contributed by atoms with Crippen LogP contribution < -0.4 is 5.73 Å². The zero-order valence-electron chi connectivity index (χ0n) is 9.46. The van der Waals surface area contributed by atoms with Gasteiger partial charge < -0.3 is 5.73 Å². The van der Waals surface area contributed by atoms with Crippen molar-refractivity contribution in [3.8, 4) is 11.4 Å². The lowest BCUT2D eigenvalue weighted by molar-refractivity contribution is 1.11. The maximum atomic E-state index is 5.96. The average Bonchev–Trinajstić information content (AvgIpc) is 2.72. The lowest BCUT2D eigenvalue weighted by Crippen LogP contribution is -1.94. The van der Waals surface area contributed by atoms with Crippen LogP contribution in [0.2, 0.25) is 0 Å². The highest BCUT2D eigenvalue weighted by atomic mass is 15.2. The van der Waals surface area contributed by atoms with Crippen LogP contribution in [0.5, 0.6) is 0 Å². The fourth-order valence-electron chi connectivity index (χ4n) is 1.88. The summed E-state index contributed by atoms with van der Waals surface area (Å²) < 4.78 is 1.96. The van der Waals surface area contributed by atoms with Gasteiger partial charge in [-0.2, -0.15) is 0 Å². The van der Waals surface area contributed by atoms with Crippen molar-refractivity contribution in [2.45, 2.75) is 6.92 Å². The minimum atomic E-state index is 0.711. The largest absolute Gasteiger partial charge is 0.398 e. The van der Waals surface area contributed by atoms with E-state index >= 15 is 0 Å². The number of nitrogen functional groups attached to an aromatic ring is 1. The third kappa shape index (κ3) is 1.54. The van der Waals surface area contributed by atoms with Crippen molar-refractivity contribution in [3.05, 3.63) is 48.2 Å². The van der Waals surface area contributed by atoms with E-state index < -0.39 is 0 Å². The van der Waals surface area contributed by atoms with Crippen LogP contribution in [-0.2, 0) is 0 Å². The van der Waals surface area contributed by atoms with Gasteiger partial charge in [-0.25, -0.2) is 0 Å². The lowest BCUT2D eigenvalue weighted by atomic mass is 10.1. The molecule has 0 radical (unpaired) electrons. The van der Waals surface area contributed by atoms with Crippen molar-refractivity contribution in [3.63, 3.8) is 0 Å². The molecule has 4 nitrogen and oxygen atoms in total. The highest BCUT2D eigenvalue weighted by Gasteiger charge is 2.09. The van der Waals surface area contributed by atoms with Crippen LogP contribution in [0.25, 0.3) is 17.0 Å². The fraction of sp³-hybridized carbons (Fsp3) is 0.0769. The number of pyridine rings is 1. The van der Waals surface area contributed by atoms with Crippen molar-refractivity contribution >= 4 is 11.3 Å². The fourth-order valence-corrected chi connectivity index (χ4v) is 1.88. The van der Waals surface area contributed by atoms with Gasteiger partial charge in [0.05, 0.1) is 0 Å². The minimum Gasteiger partial charge on any atom is -0.398 e. The van der Waals surface area contributed by atoms with Gasteiger partial charge in [-0.15, -0.1) is 10.2 Å². The summed E-state index contributed by atoms with van der Waals surface area (Å²) in [4.78, 5) is 0. The Morgan fingerprint density at radius 3 is 2.71 bits per heavy atom. The molecule has 2 heterocycles. The predicted molar refractivity (Wildman–Crippen MR) is 67.6 cm³/mol. The van der Waals surface area contributed by atoms with E-state index in [1.54, 1.807) is 0 Å². The topological polar surface area (TPSA) is 56.2 Å². The van der Waals surface area contributed by atoms with Gasteiger partial charge in [0.15, 0.2) is 11.5 Å². The molecular formula is C13H12N4. The normalized spacial score (nSPS) is 10.9. The number of hydrogen-bond donors (Lipinski definition) is 1.